The average molecular weight is 381 g/mol. The summed E-state index contributed by atoms with van der Waals surface area (Å²) in [4.78, 5) is 28.6. The zero-order valence-corrected chi connectivity index (χ0v) is 16.3. The number of hydrogen-bond acceptors (Lipinski definition) is 4. The second kappa shape index (κ2) is 9.90. The van der Waals surface area contributed by atoms with Gasteiger partial charge in [0.25, 0.3) is 5.91 Å². The first-order chi connectivity index (χ1) is 13.7. The van der Waals surface area contributed by atoms with Crippen molar-refractivity contribution in [2.24, 2.45) is 0 Å². The van der Waals surface area contributed by atoms with Crippen LogP contribution in [0.1, 0.15) is 23.7 Å². The molecule has 0 radical (unpaired) electrons. The highest BCUT2D eigenvalue weighted by atomic mass is 16.5. The van der Waals surface area contributed by atoms with E-state index in [1.54, 1.807) is 12.1 Å². The summed E-state index contributed by atoms with van der Waals surface area (Å²) in [7, 11) is 0. The van der Waals surface area contributed by atoms with Crippen molar-refractivity contribution in [2.75, 3.05) is 39.3 Å². The molecule has 3 rings (SSSR count). The SMILES string of the molecule is CCNC(=O)CN1CCCN(C(=O)c2ccc(Oc3ccccc3)cc2)CC1. The van der Waals surface area contributed by atoms with Gasteiger partial charge >= 0.3 is 0 Å². The smallest absolute Gasteiger partial charge is 0.253 e. The molecule has 1 N–H and O–H groups in total. The molecule has 0 spiro atoms. The van der Waals surface area contributed by atoms with E-state index in [2.05, 4.69) is 10.2 Å². The summed E-state index contributed by atoms with van der Waals surface area (Å²) in [5, 5.41) is 2.82. The average Bonchev–Trinajstić information content (AvgIpc) is 2.94. The summed E-state index contributed by atoms with van der Waals surface area (Å²) in [5.41, 5.74) is 0.651. The van der Waals surface area contributed by atoms with Gasteiger partial charge in [0.2, 0.25) is 5.91 Å². The van der Waals surface area contributed by atoms with Crippen molar-refractivity contribution >= 4 is 11.8 Å². The molecular formula is C22H27N3O3. The molecular weight excluding hydrogens is 354 g/mol. The molecule has 0 saturated carbocycles. The monoisotopic (exact) mass is 381 g/mol. The van der Waals surface area contributed by atoms with E-state index in [-0.39, 0.29) is 11.8 Å². The number of benzene rings is 2. The number of carbonyl (C=O) groups is 2. The lowest BCUT2D eigenvalue weighted by Gasteiger charge is -2.22. The van der Waals surface area contributed by atoms with Crippen molar-refractivity contribution in [3.8, 4) is 11.5 Å². The molecule has 1 aliphatic rings. The van der Waals surface area contributed by atoms with E-state index in [9.17, 15) is 9.59 Å². The summed E-state index contributed by atoms with van der Waals surface area (Å²) in [6.07, 6.45) is 0.861. The Kier molecular flexibility index (Phi) is 7.03. The van der Waals surface area contributed by atoms with Gasteiger partial charge in [0.15, 0.2) is 0 Å². The maximum absolute atomic E-state index is 12.8. The van der Waals surface area contributed by atoms with Crippen LogP contribution in [0.5, 0.6) is 11.5 Å². The topological polar surface area (TPSA) is 61.9 Å². The summed E-state index contributed by atoms with van der Waals surface area (Å²) in [6, 6.07) is 16.8. The van der Waals surface area contributed by atoms with Gasteiger partial charge in [0.05, 0.1) is 6.54 Å². The van der Waals surface area contributed by atoms with Crippen molar-refractivity contribution in [2.45, 2.75) is 13.3 Å². The van der Waals surface area contributed by atoms with Gasteiger partial charge in [-0.25, -0.2) is 0 Å². The number of rotatable bonds is 6. The number of para-hydroxylation sites is 1. The minimum atomic E-state index is 0.0196. The van der Waals surface area contributed by atoms with Crippen LogP contribution in [0.25, 0.3) is 0 Å². The number of carbonyl (C=O) groups excluding carboxylic acids is 2. The van der Waals surface area contributed by atoms with E-state index in [0.29, 0.717) is 44.0 Å². The van der Waals surface area contributed by atoms with E-state index < -0.39 is 0 Å². The van der Waals surface area contributed by atoms with Gasteiger partial charge in [-0.2, -0.15) is 0 Å². The summed E-state index contributed by atoms with van der Waals surface area (Å²) in [6.45, 7) is 5.80. The summed E-state index contributed by atoms with van der Waals surface area (Å²) >= 11 is 0. The second-order valence-electron chi connectivity index (χ2n) is 6.81. The standard InChI is InChI=1S/C22H27N3O3/c1-2-23-21(26)17-24-13-6-14-25(16-15-24)22(27)18-9-11-20(12-10-18)28-19-7-4-3-5-8-19/h3-5,7-12H,2,6,13-17H2,1H3,(H,23,26). The van der Waals surface area contributed by atoms with Gasteiger partial charge < -0.3 is 15.0 Å². The second-order valence-corrected chi connectivity index (χ2v) is 6.81. The molecule has 1 heterocycles. The third-order valence-corrected chi connectivity index (χ3v) is 4.70. The molecule has 0 aliphatic carbocycles. The Hall–Kier alpha value is -2.86. The molecule has 2 amide bonds. The molecule has 2 aromatic carbocycles. The van der Waals surface area contributed by atoms with Crippen LogP contribution in [0.3, 0.4) is 0 Å². The van der Waals surface area contributed by atoms with Crippen LogP contribution in [0.4, 0.5) is 0 Å². The van der Waals surface area contributed by atoms with E-state index >= 15 is 0 Å². The molecule has 28 heavy (non-hydrogen) atoms. The third kappa shape index (κ3) is 5.57. The van der Waals surface area contributed by atoms with Gasteiger partial charge in [-0.3, -0.25) is 14.5 Å². The summed E-state index contributed by atoms with van der Waals surface area (Å²) in [5.74, 6) is 1.52. The van der Waals surface area contributed by atoms with Crippen LogP contribution in [-0.2, 0) is 4.79 Å². The van der Waals surface area contributed by atoms with Crippen LogP contribution in [0.2, 0.25) is 0 Å². The fourth-order valence-electron chi connectivity index (χ4n) is 3.26. The Morgan fingerprint density at radius 2 is 1.64 bits per heavy atom. The molecule has 6 nitrogen and oxygen atoms in total. The Morgan fingerprint density at radius 3 is 2.36 bits per heavy atom. The first kappa shape index (κ1) is 19.9. The normalized spacial score (nSPS) is 15.0. The predicted octanol–water partition coefficient (Wildman–Crippen LogP) is 2.76. The number of hydrogen-bond donors (Lipinski definition) is 1. The highest BCUT2D eigenvalue weighted by Gasteiger charge is 2.21. The molecule has 0 atom stereocenters. The largest absolute Gasteiger partial charge is 0.457 e. The van der Waals surface area contributed by atoms with Crippen molar-refractivity contribution in [3.05, 3.63) is 60.2 Å². The Morgan fingerprint density at radius 1 is 0.929 bits per heavy atom. The van der Waals surface area contributed by atoms with E-state index in [0.717, 1.165) is 18.7 Å². The van der Waals surface area contributed by atoms with Gasteiger partial charge in [0.1, 0.15) is 11.5 Å². The first-order valence-electron chi connectivity index (χ1n) is 9.77. The highest BCUT2D eigenvalue weighted by Crippen LogP contribution is 2.21. The molecule has 1 fully saturated rings. The van der Waals surface area contributed by atoms with Crippen molar-refractivity contribution < 1.29 is 14.3 Å². The number of nitrogens with zero attached hydrogens (tertiary/aromatic N) is 2. The van der Waals surface area contributed by atoms with E-state index in [1.807, 2.05) is 54.3 Å². The van der Waals surface area contributed by atoms with Crippen molar-refractivity contribution in [3.63, 3.8) is 0 Å². The molecule has 1 aliphatic heterocycles. The molecule has 0 unspecified atom stereocenters. The minimum absolute atomic E-state index is 0.0196. The first-order valence-corrected chi connectivity index (χ1v) is 9.77. The van der Waals surface area contributed by atoms with Gasteiger partial charge in [-0.05, 0) is 49.7 Å². The quantitative estimate of drug-likeness (QED) is 0.836. The van der Waals surface area contributed by atoms with E-state index in [4.69, 9.17) is 4.74 Å². The fraction of sp³-hybridized carbons (Fsp3) is 0.364. The molecule has 148 valence electrons. The van der Waals surface area contributed by atoms with Crippen LogP contribution < -0.4 is 10.1 Å². The van der Waals surface area contributed by atoms with Crippen molar-refractivity contribution in [1.29, 1.82) is 0 Å². The van der Waals surface area contributed by atoms with E-state index in [1.165, 1.54) is 0 Å². The Balaban J connectivity index is 1.55. The maximum atomic E-state index is 12.8. The number of nitrogens with one attached hydrogen (secondary N) is 1. The van der Waals surface area contributed by atoms with Crippen LogP contribution >= 0.6 is 0 Å². The Labute approximate surface area is 166 Å². The van der Waals surface area contributed by atoms with Crippen LogP contribution in [-0.4, -0.2) is 60.9 Å². The zero-order chi connectivity index (χ0) is 19.8. The number of amides is 2. The zero-order valence-electron chi connectivity index (χ0n) is 16.3. The lowest BCUT2D eigenvalue weighted by atomic mass is 10.2. The molecule has 6 heteroatoms. The number of likely N-dealkylation sites (N-methyl/N-ethyl adjacent to an activating group) is 1. The summed E-state index contributed by atoms with van der Waals surface area (Å²) < 4.78 is 5.78. The van der Waals surface area contributed by atoms with Crippen LogP contribution in [0.15, 0.2) is 54.6 Å². The van der Waals surface area contributed by atoms with Gasteiger partial charge in [-0.15, -0.1) is 0 Å². The van der Waals surface area contributed by atoms with Gasteiger partial charge in [0, 0.05) is 38.3 Å². The molecule has 0 bridgehead atoms. The molecule has 1 saturated heterocycles. The maximum Gasteiger partial charge on any atom is 0.253 e. The molecule has 0 aromatic heterocycles. The fourth-order valence-corrected chi connectivity index (χ4v) is 3.26. The lowest BCUT2D eigenvalue weighted by Crippen LogP contribution is -2.40. The Bertz CT molecular complexity index is 777. The van der Waals surface area contributed by atoms with Crippen molar-refractivity contribution in [1.82, 2.24) is 15.1 Å². The third-order valence-electron chi connectivity index (χ3n) is 4.70. The minimum Gasteiger partial charge on any atom is -0.457 e. The van der Waals surface area contributed by atoms with Crippen LogP contribution in [0, 0.1) is 0 Å². The predicted molar refractivity (Wildman–Crippen MR) is 109 cm³/mol. The lowest BCUT2D eigenvalue weighted by molar-refractivity contribution is -0.122. The number of ether oxygens (including phenoxy) is 1. The highest BCUT2D eigenvalue weighted by molar-refractivity contribution is 5.94. The van der Waals surface area contributed by atoms with Gasteiger partial charge in [-0.1, -0.05) is 18.2 Å². The molecule has 2 aromatic rings.